The van der Waals surface area contributed by atoms with Crippen LogP contribution in [0.25, 0.3) is 0 Å². The third kappa shape index (κ3) is 2.70. The van der Waals surface area contributed by atoms with Gasteiger partial charge in [-0.1, -0.05) is 18.2 Å². The summed E-state index contributed by atoms with van der Waals surface area (Å²) in [5.74, 6) is 7.16. The normalized spacial score (nSPS) is 19.2. The molecule has 1 aliphatic heterocycles. The van der Waals surface area contributed by atoms with E-state index in [9.17, 15) is 0 Å². The molecule has 0 bridgehead atoms. The fraction of sp³-hybridized carbons (Fsp3) is 0.400. The molecule has 1 aromatic heterocycles. The minimum atomic E-state index is 0.186. The van der Waals surface area contributed by atoms with E-state index < -0.39 is 0 Å². The number of hydrogen-bond donors (Lipinski definition) is 2. The van der Waals surface area contributed by atoms with Crippen molar-refractivity contribution in [1.82, 2.24) is 10.4 Å². The molecule has 0 saturated heterocycles. The number of rotatable bonds is 4. The predicted octanol–water partition coefficient (Wildman–Crippen LogP) is 2.39. The molecule has 5 heteroatoms. The van der Waals surface area contributed by atoms with E-state index in [0.29, 0.717) is 5.92 Å². The van der Waals surface area contributed by atoms with Crippen LogP contribution in [0.3, 0.4) is 0 Å². The zero-order valence-electron chi connectivity index (χ0n) is 11.5. The monoisotopic (exact) mass is 289 g/mol. The van der Waals surface area contributed by atoms with E-state index in [1.54, 1.807) is 11.3 Å². The number of aryl methyl sites for hydroxylation is 1. The second-order valence-corrected chi connectivity index (χ2v) is 6.08. The molecule has 3 N–H and O–H groups in total. The van der Waals surface area contributed by atoms with Crippen LogP contribution in [0.15, 0.2) is 29.6 Å². The lowest BCUT2D eigenvalue weighted by Gasteiger charge is -2.31. The second kappa shape index (κ2) is 5.91. The van der Waals surface area contributed by atoms with Gasteiger partial charge in [0.05, 0.1) is 11.6 Å². The first-order valence-electron chi connectivity index (χ1n) is 6.87. The Hall–Kier alpha value is -1.43. The number of nitrogens with two attached hydrogens (primary N) is 1. The molecule has 2 unspecified atom stereocenters. The van der Waals surface area contributed by atoms with Gasteiger partial charge in [0.25, 0.3) is 0 Å². The summed E-state index contributed by atoms with van der Waals surface area (Å²) in [6, 6.07) is 8.42. The smallest absolute Gasteiger partial charge is 0.122 e. The van der Waals surface area contributed by atoms with Crippen molar-refractivity contribution in [2.24, 2.45) is 5.84 Å². The van der Waals surface area contributed by atoms with E-state index in [1.165, 1.54) is 5.56 Å². The molecular formula is C15H19N3OS. The van der Waals surface area contributed by atoms with Crippen molar-refractivity contribution in [2.45, 2.75) is 31.7 Å². The molecule has 0 aliphatic carbocycles. The maximum Gasteiger partial charge on any atom is 0.122 e. The molecule has 2 atom stereocenters. The maximum atomic E-state index is 5.80. The van der Waals surface area contributed by atoms with Crippen LogP contribution in [-0.2, 0) is 6.42 Å². The highest BCUT2D eigenvalue weighted by Crippen LogP contribution is 2.36. The highest BCUT2D eigenvalue weighted by atomic mass is 32.1. The van der Waals surface area contributed by atoms with Crippen molar-refractivity contribution < 1.29 is 4.74 Å². The Labute approximate surface area is 123 Å². The standard InChI is InChI=1S/C15H19N3OS/c1-10-9-20-15(17-10)8-13(18-16)11-6-7-19-14-5-3-2-4-12(11)14/h2-5,9,11,13,18H,6-8,16H2,1H3. The molecule has 0 fully saturated rings. The molecule has 0 radical (unpaired) electrons. The number of ether oxygens (including phenoxy) is 1. The van der Waals surface area contributed by atoms with Crippen molar-refractivity contribution in [2.75, 3.05) is 6.61 Å². The van der Waals surface area contributed by atoms with Gasteiger partial charge in [0.15, 0.2) is 0 Å². The Kier molecular flexibility index (Phi) is 4.00. The molecule has 0 spiro atoms. The molecule has 1 aromatic carbocycles. The largest absolute Gasteiger partial charge is 0.493 e. The van der Waals surface area contributed by atoms with Crippen LogP contribution in [0.4, 0.5) is 0 Å². The van der Waals surface area contributed by atoms with Gasteiger partial charge >= 0.3 is 0 Å². The van der Waals surface area contributed by atoms with Gasteiger partial charge in [0.1, 0.15) is 5.75 Å². The molecule has 4 nitrogen and oxygen atoms in total. The first kappa shape index (κ1) is 13.5. The third-order valence-corrected chi connectivity index (χ3v) is 4.75. The van der Waals surface area contributed by atoms with E-state index in [0.717, 1.165) is 35.9 Å². The molecule has 1 aliphatic rings. The minimum Gasteiger partial charge on any atom is -0.493 e. The van der Waals surface area contributed by atoms with Crippen LogP contribution in [0.2, 0.25) is 0 Å². The fourth-order valence-electron chi connectivity index (χ4n) is 2.79. The summed E-state index contributed by atoms with van der Waals surface area (Å²) in [6.07, 6.45) is 1.84. The Morgan fingerprint density at radius 1 is 1.50 bits per heavy atom. The number of benzene rings is 1. The van der Waals surface area contributed by atoms with Gasteiger partial charge in [0.2, 0.25) is 0 Å². The molecule has 0 amide bonds. The molecule has 3 rings (SSSR count). The number of nitrogens with zero attached hydrogens (tertiary/aromatic N) is 1. The number of hydrazine groups is 1. The Morgan fingerprint density at radius 3 is 3.10 bits per heavy atom. The molecular weight excluding hydrogens is 270 g/mol. The zero-order chi connectivity index (χ0) is 13.9. The van der Waals surface area contributed by atoms with Gasteiger partial charge in [-0.15, -0.1) is 11.3 Å². The summed E-state index contributed by atoms with van der Waals surface area (Å²) in [6.45, 7) is 2.77. The minimum absolute atomic E-state index is 0.186. The summed E-state index contributed by atoms with van der Waals surface area (Å²) in [4.78, 5) is 4.54. The Bertz CT molecular complexity index is 584. The van der Waals surface area contributed by atoms with E-state index in [-0.39, 0.29) is 6.04 Å². The number of aromatic nitrogens is 1. The molecule has 0 saturated carbocycles. The number of fused-ring (bicyclic) bond motifs is 1. The number of thiazole rings is 1. The number of para-hydroxylation sites is 1. The maximum absolute atomic E-state index is 5.80. The lowest BCUT2D eigenvalue weighted by molar-refractivity contribution is 0.245. The van der Waals surface area contributed by atoms with E-state index >= 15 is 0 Å². The number of hydrogen-bond acceptors (Lipinski definition) is 5. The first-order chi connectivity index (χ1) is 9.78. The van der Waals surface area contributed by atoms with Crippen LogP contribution >= 0.6 is 11.3 Å². The summed E-state index contributed by atoms with van der Waals surface area (Å²) >= 11 is 1.70. The van der Waals surface area contributed by atoms with Crippen molar-refractivity contribution in [1.29, 1.82) is 0 Å². The van der Waals surface area contributed by atoms with Gasteiger partial charge < -0.3 is 4.74 Å². The Balaban J connectivity index is 1.83. The molecule has 106 valence electrons. The summed E-state index contributed by atoms with van der Waals surface area (Å²) in [5, 5.41) is 3.22. The lowest BCUT2D eigenvalue weighted by atomic mass is 9.85. The van der Waals surface area contributed by atoms with Crippen LogP contribution in [0.5, 0.6) is 5.75 Å². The van der Waals surface area contributed by atoms with Gasteiger partial charge in [0, 0.05) is 29.5 Å². The SMILES string of the molecule is Cc1csc(CC(NN)C2CCOc3ccccc32)n1. The predicted molar refractivity (Wildman–Crippen MR) is 81.0 cm³/mol. The van der Waals surface area contributed by atoms with Crippen molar-refractivity contribution in [3.63, 3.8) is 0 Å². The highest BCUT2D eigenvalue weighted by molar-refractivity contribution is 7.09. The van der Waals surface area contributed by atoms with Crippen molar-refractivity contribution in [3.8, 4) is 5.75 Å². The summed E-state index contributed by atoms with van der Waals surface area (Å²) in [5.41, 5.74) is 5.30. The topological polar surface area (TPSA) is 60.2 Å². The quantitative estimate of drug-likeness (QED) is 0.670. The lowest BCUT2D eigenvalue weighted by Crippen LogP contribution is -2.42. The molecule has 20 heavy (non-hydrogen) atoms. The van der Waals surface area contributed by atoms with Gasteiger partial charge in [-0.3, -0.25) is 11.3 Å². The first-order valence-corrected chi connectivity index (χ1v) is 7.74. The third-order valence-electron chi connectivity index (χ3n) is 3.77. The molecule has 2 heterocycles. The van der Waals surface area contributed by atoms with Gasteiger partial charge in [-0.05, 0) is 25.0 Å². The highest BCUT2D eigenvalue weighted by Gasteiger charge is 2.28. The van der Waals surface area contributed by atoms with Crippen LogP contribution in [0.1, 0.15) is 28.6 Å². The fourth-order valence-corrected chi connectivity index (χ4v) is 3.62. The number of nitrogens with one attached hydrogen (secondary N) is 1. The average molecular weight is 289 g/mol. The van der Waals surface area contributed by atoms with Gasteiger partial charge in [-0.25, -0.2) is 4.98 Å². The van der Waals surface area contributed by atoms with Crippen molar-refractivity contribution >= 4 is 11.3 Å². The van der Waals surface area contributed by atoms with Crippen LogP contribution in [-0.4, -0.2) is 17.6 Å². The average Bonchev–Trinajstić information content (AvgIpc) is 2.89. The zero-order valence-corrected chi connectivity index (χ0v) is 12.3. The molecule has 2 aromatic rings. The van der Waals surface area contributed by atoms with Gasteiger partial charge in [-0.2, -0.15) is 0 Å². The van der Waals surface area contributed by atoms with Crippen LogP contribution < -0.4 is 16.0 Å². The van der Waals surface area contributed by atoms with E-state index in [4.69, 9.17) is 10.6 Å². The Morgan fingerprint density at radius 2 is 2.35 bits per heavy atom. The van der Waals surface area contributed by atoms with E-state index in [2.05, 4.69) is 27.9 Å². The summed E-state index contributed by atoms with van der Waals surface area (Å²) in [7, 11) is 0. The van der Waals surface area contributed by atoms with Crippen LogP contribution in [0, 0.1) is 6.92 Å². The van der Waals surface area contributed by atoms with E-state index in [1.807, 2.05) is 19.1 Å². The summed E-state index contributed by atoms with van der Waals surface area (Å²) < 4.78 is 5.72. The van der Waals surface area contributed by atoms with Crippen molar-refractivity contribution in [3.05, 3.63) is 45.9 Å². The second-order valence-electron chi connectivity index (χ2n) is 5.14.